The third kappa shape index (κ3) is 3.03. The van der Waals surface area contributed by atoms with Crippen LogP contribution in [0.1, 0.15) is 47.4 Å². The molecule has 2 aliphatic heterocycles. The highest BCUT2D eigenvalue weighted by molar-refractivity contribution is 6.77. The van der Waals surface area contributed by atoms with Gasteiger partial charge in [0.15, 0.2) is 0 Å². The molecule has 0 radical (unpaired) electrons. The van der Waals surface area contributed by atoms with Crippen molar-refractivity contribution in [2.45, 2.75) is 44.8 Å². The Hall–Kier alpha value is -1.98. The van der Waals surface area contributed by atoms with E-state index in [1.807, 2.05) is 36.4 Å². The summed E-state index contributed by atoms with van der Waals surface area (Å²) in [6.07, 6.45) is 2.19. The van der Waals surface area contributed by atoms with Crippen LogP contribution in [0, 0.1) is 0 Å². The van der Waals surface area contributed by atoms with E-state index in [2.05, 4.69) is 18.4 Å². The Balaban J connectivity index is 1.46. The summed E-state index contributed by atoms with van der Waals surface area (Å²) in [5, 5.41) is 2.02. The highest BCUT2D eigenvalue weighted by Gasteiger charge is 2.40. The van der Waals surface area contributed by atoms with Crippen molar-refractivity contribution in [1.82, 2.24) is 9.47 Å². The van der Waals surface area contributed by atoms with Crippen molar-refractivity contribution in [3.05, 3.63) is 47.5 Å². The summed E-state index contributed by atoms with van der Waals surface area (Å²) in [5.41, 5.74) is 1.12. The molecule has 2 amide bonds. The van der Waals surface area contributed by atoms with Gasteiger partial charge in [-0.15, -0.1) is 0 Å². The molecule has 0 saturated carbocycles. The molecule has 5 heteroatoms. The van der Waals surface area contributed by atoms with Crippen molar-refractivity contribution >= 4 is 30.8 Å². The van der Waals surface area contributed by atoms with Gasteiger partial charge in [-0.05, 0) is 67.0 Å². The summed E-state index contributed by atoms with van der Waals surface area (Å²) >= 11 is 0. The van der Waals surface area contributed by atoms with E-state index in [0.717, 1.165) is 23.7 Å². The maximum atomic E-state index is 12.8. The minimum atomic E-state index is -1.27. The van der Waals surface area contributed by atoms with Gasteiger partial charge in [0, 0.05) is 6.54 Å². The molecular formula is C22H28N2O2Si. The molecule has 2 aliphatic rings. The van der Waals surface area contributed by atoms with E-state index in [-0.39, 0.29) is 11.8 Å². The van der Waals surface area contributed by atoms with Crippen LogP contribution in [0.5, 0.6) is 0 Å². The van der Waals surface area contributed by atoms with Crippen LogP contribution in [0.4, 0.5) is 0 Å². The van der Waals surface area contributed by atoms with Crippen molar-refractivity contribution in [3.8, 4) is 0 Å². The molecule has 4 rings (SSSR count). The molecule has 1 saturated heterocycles. The second-order valence-corrected chi connectivity index (χ2v) is 12.9. The first-order valence-corrected chi connectivity index (χ1v) is 12.8. The number of benzene rings is 2. The van der Waals surface area contributed by atoms with E-state index >= 15 is 0 Å². The van der Waals surface area contributed by atoms with E-state index in [1.165, 1.54) is 36.0 Å². The number of fused-ring (bicyclic) bond motifs is 2. The van der Waals surface area contributed by atoms with E-state index in [4.69, 9.17) is 0 Å². The number of carbonyl (C=O) groups is 2. The Morgan fingerprint density at radius 1 is 0.926 bits per heavy atom. The predicted octanol–water partition coefficient (Wildman–Crippen LogP) is 4.52. The van der Waals surface area contributed by atoms with E-state index in [0.29, 0.717) is 17.7 Å². The summed E-state index contributed by atoms with van der Waals surface area (Å²) in [4.78, 5) is 27.1. The van der Waals surface area contributed by atoms with Crippen molar-refractivity contribution in [2.24, 2.45) is 0 Å². The number of imide groups is 1. The summed E-state index contributed by atoms with van der Waals surface area (Å²) in [7, 11) is -1.27. The maximum absolute atomic E-state index is 12.8. The molecule has 27 heavy (non-hydrogen) atoms. The Morgan fingerprint density at radius 3 is 2.07 bits per heavy atom. The molecule has 0 bridgehead atoms. The van der Waals surface area contributed by atoms with Crippen molar-refractivity contribution in [3.63, 3.8) is 0 Å². The smallest absolute Gasteiger partial charge is 0.261 e. The zero-order valence-corrected chi connectivity index (χ0v) is 17.3. The average Bonchev–Trinajstić information content (AvgIpc) is 3.21. The van der Waals surface area contributed by atoms with Crippen molar-refractivity contribution in [1.29, 1.82) is 0 Å². The summed E-state index contributed by atoms with van der Waals surface area (Å²) in [6.45, 7) is 7.41. The molecule has 2 heterocycles. The second-order valence-electron chi connectivity index (χ2n) is 7.88. The minimum Gasteiger partial charge on any atom is -0.323 e. The minimum absolute atomic E-state index is 0.128. The lowest BCUT2D eigenvalue weighted by atomic mass is 10.0. The van der Waals surface area contributed by atoms with Crippen LogP contribution in [-0.2, 0) is 0 Å². The number of hydrogen-bond acceptors (Lipinski definition) is 3. The molecule has 142 valence electrons. The molecule has 0 N–H and O–H groups in total. The fourth-order valence-corrected chi connectivity index (χ4v) is 9.49. The Morgan fingerprint density at radius 2 is 1.52 bits per heavy atom. The van der Waals surface area contributed by atoms with Gasteiger partial charge in [0.2, 0.25) is 0 Å². The van der Waals surface area contributed by atoms with E-state index in [1.54, 1.807) is 0 Å². The number of amides is 2. The fraction of sp³-hybridized carbons (Fsp3) is 0.455. The lowest BCUT2D eigenvalue weighted by molar-refractivity contribution is 0.0650. The van der Waals surface area contributed by atoms with E-state index in [9.17, 15) is 9.59 Å². The number of carbonyl (C=O) groups excluding carboxylic acids is 2. The molecule has 0 unspecified atom stereocenters. The van der Waals surface area contributed by atoms with Crippen LogP contribution in [-0.4, -0.2) is 49.1 Å². The van der Waals surface area contributed by atoms with Gasteiger partial charge in [0.05, 0.1) is 11.1 Å². The first-order valence-electron chi connectivity index (χ1n) is 10.2. The van der Waals surface area contributed by atoms with Gasteiger partial charge < -0.3 is 4.57 Å². The molecule has 0 spiro atoms. The Kier molecular flexibility index (Phi) is 4.91. The lowest BCUT2D eigenvalue weighted by Crippen LogP contribution is -2.48. The van der Waals surface area contributed by atoms with Gasteiger partial charge >= 0.3 is 0 Å². The first-order chi connectivity index (χ1) is 13.1. The van der Waals surface area contributed by atoms with Crippen LogP contribution in [0.25, 0.3) is 10.8 Å². The molecule has 2 aromatic rings. The second kappa shape index (κ2) is 7.21. The number of nitrogens with zero attached hydrogens (tertiary/aromatic N) is 2. The van der Waals surface area contributed by atoms with Gasteiger partial charge in [-0.1, -0.05) is 38.1 Å². The fourth-order valence-electron chi connectivity index (χ4n) is 4.99. The van der Waals surface area contributed by atoms with Gasteiger partial charge in [-0.3, -0.25) is 14.5 Å². The molecule has 0 aliphatic carbocycles. The zero-order valence-electron chi connectivity index (χ0n) is 16.3. The molecule has 1 fully saturated rings. The van der Waals surface area contributed by atoms with Gasteiger partial charge in [0.1, 0.15) is 8.24 Å². The largest absolute Gasteiger partial charge is 0.323 e. The quantitative estimate of drug-likeness (QED) is 0.546. The summed E-state index contributed by atoms with van der Waals surface area (Å²) in [6, 6.07) is 15.7. The highest BCUT2D eigenvalue weighted by atomic mass is 28.3. The molecule has 0 aromatic heterocycles. The van der Waals surface area contributed by atoms with Crippen LogP contribution < -0.4 is 0 Å². The van der Waals surface area contributed by atoms with Gasteiger partial charge in [0.25, 0.3) is 11.8 Å². The summed E-state index contributed by atoms with van der Waals surface area (Å²) in [5.74, 6) is -0.256. The SMILES string of the molecule is CC[Si]1(CC)CCCN1CCCN1C(=O)c2cc3ccccc3cc2C1=O. The van der Waals surface area contributed by atoms with Gasteiger partial charge in [-0.2, -0.15) is 0 Å². The third-order valence-corrected chi connectivity index (χ3v) is 12.4. The van der Waals surface area contributed by atoms with Crippen LogP contribution in [0.3, 0.4) is 0 Å². The average molecular weight is 381 g/mol. The van der Waals surface area contributed by atoms with Crippen molar-refractivity contribution in [2.75, 3.05) is 19.6 Å². The van der Waals surface area contributed by atoms with Crippen LogP contribution in [0.15, 0.2) is 36.4 Å². The van der Waals surface area contributed by atoms with Crippen molar-refractivity contribution < 1.29 is 9.59 Å². The van der Waals surface area contributed by atoms with Crippen LogP contribution in [0.2, 0.25) is 18.1 Å². The maximum Gasteiger partial charge on any atom is 0.261 e. The third-order valence-electron chi connectivity index (χ3n) is 6.70. The Labute approximate surface area is 162 Å². The molecule has 4 nitrogen and oxygen atoms in total. The highest BCUT2D eigenvalue weighted by Crippen LogP contribution is 2.33. The summed E-state index contributed by atoms with van der Waals surface area (Å²) < 4.78 is 2.72. The lowest BCUT2D eigenvalue weighted by Gasteiger charge is -2.35. The standard InChI is InChI=1S/C22H28N2O2Si/c1-3-27(4-2)14-8-12-23(27)11-7-13-24-21(25)19-15-17-9-5-6-10-18(17)16-20(19)22(24)26/h5-6,9-10,15-16H,3-4,7-8,11-14H2,1-2H3. The van der Waals surface area contributed by atoms with Crippen LogP contribution >= 0.6 is 0 Å². The number of rotatable bonds is 6. The van der Waals surface area contributed by atoms with E-state index < -0.39 is 8.24 Å². The predicted molar refractivity (Wildman–Crippen MR) is 112 cm³/mol. The normalized spacial score (nSPS) is 19.3. The molecular weight excluding hydrogens is 352 g/mol. The topological polar surface area (TPSA) is 40.6 Å². The zero-order chi connectivity index (χ0) is 19.0. The Bertz CT molecular complexity index is 837. The number of hydrogen-bond donors (Lipinski definition) is 0. The molecule has 0 atom stereocenters. The first kappa shape index (κ1) is 18.4. The van der Waals surface area contributed by atoms with Gasteiger partial charge in [-0.25, -0.2) is 0 Å². The monoisotopic (exact) mass is 380 g/mol. The molecule has 2 aromatic carbocycles.